The van der Waals surface area contributed by atoms with Crippen molar-refractivity contribution in [3.05, 3.63) is 35.4 Å². The van der Waals surface area contributed by atoms with Gasteiger partial charge in [-0.1, -0.05) is 39.8 Å². The Morgan fingerprint density at radius 3 is 2.32 bits per heavy atom. The predicted octanol–water partition coefficient (Wildman–Crippen LogP) is 2.84. The maximum Gasteiger partial charge on any atom is 0.251 e. The van der Waals surface area contributed by atoms with Crippen LogP contribution in [0.1, 0.15) is 56.5 Å². The molecule has 3 heteroatoms. The summed E-state index contributed by atoms with van der Waals surface area (Å²) in [6.07, 6.45) is 1.76. The first kappa shape index (κ1) is 15.7. The molecule has 3 N–H and O–H groups in total. The van der Waals surface area contributed by atoms with Crippen LogP contribution >= 0.6 is 0 Å². The normalized spacial score (nSPS) is 13.1. The number of amides is 1. The summed E-state index contributed by atoms with van der Waals surface area (Å²) in [5.74, 6) is -0.0243. The molecule has 1 amide bonds. The van der Waals surface area contributed by atoms with Gasteiger partial charge in [0.15, 0.2) is 0 Å². The van der Waals surface area contributed by atoms with Crippen molar-refractivity contribution in [1.82, 2.24) is 5.32 Å². The standard InChI is InChI=1S/C16H26N2O/c1-5-14(17)10-11-18-15(19)12-6-8-13(9-7-12)16(2,3)4/h6-9,14H,5,10-11,17H2,1-4H3,(H,18,19). The summed E-state index contributed by atoms with van der Waals surface area (Å²) in [4.78, 5) is 11.9. The van der Waals surface area contributed by atoms with Gasteiger partial charge in [-0.3, -0.25) is 4.79 Å². The van der Waals surface area contributed by atoms with E-state index >= 15 is 0 Å². The highest BCUT2D eigenvalue weighted by molar-refractivity contribution is 5.94. The molecule has 3 nitrogen and oxygen atoms in total. The minimum Gasteiger partial charge on any atom is -0.352 e. The van der Waals surface area contributed by atoms with E-state index in [0.29, 0.717) is 12.1 Å². The van der Waals surface area contributed by atoms with Gasteiger partial charge in [0.2, 0.25) is 0 Å². The lowest BCUT2D eigenvalue weighted by molar-refractivity contribution is 0.0952. The Bertz CT molecular complexity index is 404. The minimum atomic E-state index is -0.0243. The van der Waals surface area contributed by atoms with Gasteiger partial charge in [0.25, 0.3) is 5.91 Å². The molecule has 1 unspecified atom stereocenters. The first-order valence-electron chi connectivity index (χ1n) is 6.99. The summed E-state index contributed by atoms with van der Waals surface area (Å²) < 4.78 is 0. The quantitative estimate of drug-likeness (QED) is 0.857. The van der Waals surface area contributed by atoms with Crippen molar-refractivity contribution in [3.63, 3.8) is 0 Å². The van der Waals surface area contributed by atoms with E-state index in [1.165, 1.54) is 5.56 Å². The molecule has 0 saturated carbocycles. The second-order valence-electron chi connectivity index (χ2n) is 6.04. The SMILES string of the molecule is CCC(N)CCNC(=O)c1ccc(C(C)(C)C)cc1. The van der Waals surface area contributed by atoms with Crippen LogP contribution < -0.4 is 11.1 Å². The fourth-order valence-corrected chi connectivity index (χ4v) is 1.80. The van der Waals surface area contributed by atoms with E-state index in [4.69, 9.17) is 5.73 Å². The van der Waals surface area contributed by atoms with Crippen molar-refractivity contribution < 1.29 is 4.79 Å². The summed E-state index contributed by atoms with van der Waals surface area (Å²) in [5, 5.41) is 2.90. The zero-order chi connectivity index (χ0) is 14.5. The van der Waals surface area contributed by atoms with Crippen LogP contribution in [0, 0.1) is 0 Å². The molecule has 0 radical (unpaired) electrons. The Hall–Kier alpha value is -1.35. The third-order valence-corrected chi connectivity index (χ3v) is 3.34. The van der Waals surface area contributed by atoms with Crippen molar-refractivity contribution in [2.45, 2.75) is 52.0 Å². The lowest BCUT2D eigenvalue weighted by Crippen LogP contribution is -2.30. The van der Waals surface area contributed by atoms with Crippen molar-refractivity contribution >= 4 is 5.91 Å². The number of rotatable bonds is 5. The van der Waals surface area contributed by atoms with Crippen LogP contribution in [-0.2, 0) is 5.41 Å². The number of benzene rings is 1. The van der Waals surface area contributed by atoms with E-state index in [2.05, 4.69) is 33.0 Å². The Balaban J connectivity index is 2.54. The van der Waals surface area contributed by atoms with Gasteiger partial charge in [-0.15, -0.1) is 0 Å². The van der Waals surface area contributed by atoms with Crippen molar-refractivity contribution in [1.29, 1.82) is 0 Å². The van der Waals surface area contributed by atoms with Gasteiger partial charge in [0.05, 0.1) is 0 Å². The van der Waals surface area contributed by atoms with Crippen LogP contribution in [0.3, 0.4) is 0 Å². The predicted molar refractivity (Wildman–Crippen MR) is 80.4 cm³/mol. The van der Waals surface area contributed by atoms with E-state index in [1.54, 1.807) is 0 Å². The number of hydrogen-bond acceptors (Lipinski definition) is 2. The molecule has 0 bridgehead atoms. The Morgan fingerprint density at radius 1 is 1.26 bits per heavy atom. The lowest BCUT2D eigenvalue weighted by Gasteiger charge is -2.19. The highest BCUT2D eigenvalue weighted by Gasteiger charge is 2.14. The summed E-state index contributed by atoms with van der Waals surface area (Å²) in [5.41, 5.74) is 7.87. The first-order valence-corrected chi connectivity index (χ1v) is 6.99. The maximum atomic E-state index is 11.9. The van der Waals surface area contributed by atoms with Crippen LogP contribution in [0.2, 0.25) is 0 Å². The Labute approximate surface area is 116 Å². The molecular formula is C16H26N2O. The fourth-order valence-electron chi connectivity index (χ4n) is 1.80. The zero-order valence-electron chi connectivity index (χ0n) is 12.5. The number of nitrogens with one attached hydrogen (secondary N) is 1. The van der Waals surface area contributed by atoms with Crippen LogP contribution in [-0.4, -0.2) is 18.5 Å². The molecule has 0 saturated heterocycles. The zero-order valence-corrected chi connectivity index (χ0v) is 12.5. The molecule has 1 aromatic carbocycles. The van der Waals surface area contributed by atoms with Gasteiger partial charge >= 0.3 is 0 Å². The van der Waals surface area contributed by atoms with Crippen molar-refractivity contribution in [3.8, 4) is 0 Å². The molecule has 0 aliphatic rings. The van der Waals surface area contributed by atoms with E-state index in [1.807, 2.05) is 24.3 Å². The third kappa shape index (κ3) is 5.03. The molecule has 19 heavy (non-hydrogen) atoms. The van der Waals surface area contributed by atoms with Crippen LogP contribution in [0.15, 0.2) is 24.3 Å². The molecule has 0 fully saturated rings. The smallest absolute Gasteiger partial charge is 0.251 e. The second-order valence-corrected chi connectivity index (χ2v) is 6.04. The number of carbonyl (C=O) groups is 1. The van der Waals surface area contributed by atoms with Crippen molar-refractivity contribution in [2.24, 2.45) is 5.73 Å². The van der Waals surface area contributed by atoms with Gasteiger partial charge in [-0.05, 0) is 36.0 Å². The monoisotopic (exact) mass is 262 g/mol. The first-order chi connectivity index (χ1) is 8.84. The third-order valence-electron chi connectivity index (χ3n) is 3.34. The highest BCUT2D eigenvalue weighted by atomic mass is 16.1. The van der Waals surface area contributed by atoms with E-state index in [9.17, 15) is 4.79 Å². The molecule has 1 atom stereocenters. The summed E-state index contributed by atoms with van der Waals surface area (Å²) >= 11 is 0. The molecule has 0 spiro atoms. The van der Waals surface area contributed by atoms with Crippen LogP contribution in [0.25, 0.3) is 0 Å². The molecule has 0 aromatic heterocycles. The lowest BCUT2D eigenvalue weighted by atomic mass is 9.87. The molecule has 0 aliphatic heterocycles. The van der Waals surface area contributed by atoms with Crippen LogP contribution in [0.5, 0.6) is 0 Å². The van der Waals surface area contributed by atoms with Gasteiger partial charge in [-0.2, -0.15) is 0 Å². The van der Waals surface area contributed by atoms with E-state index in [-0.39, 0.29) is 17.4 Å². The summed E-state index contributed by atoms with van der Waals surface area (Å²) in [7, 11) is 0. The highest BCUT2D eigenvalue weighted by Crippen LogP contribution is 2.22. The maximum absolute atomic E-state index is 11.9. The minimum absolute atomic E-state index is 0.0243. The fraction of sp³-hybridized carbons (Fsp3) is 0.562. The average molecular weight is 262 g/mol. The van der Waals surface area contributed by atoms with E-state index in [0.717, 1.165) is 12.8 Å². The number of carbonyl (C=O) groups excluding carboxylic acids is 1. The molecular weight excluding hydrogens is 236 g/mol. The second kappa shape index (κ2) is 6.71. The average Bonchev–Trinajstić information content (AvgIpc) is 2.37. The molecule has 0 heterocycles. The molecule has 1 rings (SSSR count). The topological polar surface area (TPSA) is 55.1 Å². The van der Waals surface area contributed by atoms with Gasteiger partial charge < -0.3 is 11.1 Å². The summed E-state index contributed by atoms with van der Waals surface area (Å²) in [6.45, 7) is 9.17. The number of nitrogens with two attached hydrogens (primary N) is 1. The summed E-state index contributed by atoms with van der Waals surface area (Å²) in [6, 6.07) is 7.98. The Kier molecular flexibility index (Phi) is 5.55. The number of hydrogen-bond donors (Lipinski definition) is 2. The van der Waals surface area contributed by atoms with Gasteiger partial charge in [0, 0.05) is 18.2 Å². The van der Waals surface area contributed by atoms with E-state index < -0.39 is 0 Å². The molecule has 1 aromatic rings. The van der Waals surface area contributed by atoms with Gasteiger partial charge in [0.1, 0.15) is 0 Å². The van der Waals surface area contributed by atoms with Crippen LogP contribution in [0.4, 0.5) is 0 Å². The van der Waals surface area contributed by atoms with Gasteiger partial charge in [-0.25, -0.2) is 0 Å². The Morgan fingerprint density at radius 2 is 1.84 bits per heavy atom. The van der Waals surface area contributed by atoms with Crippen molar-refractivity contribution in [2.75, 3.05) is 6.54 Å². The largest absolute Gasteiger partial charge is 0.352 e. The molecule has 106 valence electrons. The molecule has 0 aliphatic carbocycles.